The zero-order valence-corrected chi connectivity index (χ0v) is 17.4. The number of anilines is 1. The molecule has 9 heteroatoms. The molecule has 1 atom stereocenters. The van der Waals surface area contributed by atoms with Crippen LogP contribution in [0.1, 0.15) is 41.0 Å². The minimum Gasteiger partial charge on any atom is -0.491 e. The molecule has 0 radical (unpaired) electrons. The highest BCUT2D eigenvalue weighted by Crippen LogP contribution is 2.30. The zero-order valence-electron chi connectivity index (χ0n) is 15.1. The smallest absolute Gasteiger partial charge is 0.337 e. The zero-order chi connectivity index (χ0) is 20.8. The summed E-state index contributed by atoms with van der Waals surface area (Å²) in [6.45, 7) is 3.93. The summed E-state index contributed by atoms with van der Waals surface area (Å²) in [5, 5.41) is 14.6. The third-order valence-corrected chi connectivity index (χ3v) is 4.48. The Morgan fingerprint density at radius 1 is 1.25 bits per heavy atom. The summed E-state index contributed by atoms with van der Waals surface area (Å²) < 4.78 is 5.70. The molecule has 0 fully saturated rings. The van der Waals surface area contributed by atoms with Gasteiger partial charge in [-0.05, 0) is 55.9 Å². The van der Waals surface area contributed by atoms with E-state index in [0.29, 0.717) is 11.3 Å². The number of benzene rings is 2. The number of hydrogen-bond acceptors (Lipinski definition) is 4. The van der Waals surface area contributed by atoms with Crippen molar-refractivity contribution in [1.29, 1.82) is 0 Å². The van der Waals surface area contributed by atoms with Crippen LogP contribution in [-0.2, 0) is 0 Å². The Morgan fingerprint density at radius 2 is 1.96 bits per heavy atom. The van der Waals surface area contributed by atoms with Gasteiger partial charge in [0, 0.05) is 10.6 Å². The largest absolute Gasteiger partial charge is 0.491 e. The Balaban J connectivity index is 2.13. The number of thiocarbonyl (C=S) groups is 1. The quantitative estimate of drug-likeness (QED) is 0.548. The lowest BCUT2D eigenvalue weighted by molar-refractivity contribution is 0.0697. The molecule has 0 aliphatic carbocycles. The Bertz CT molecular complexity index is 921. The normalized spacial score (nSPS) is 11.4. The van der Waals surface area contributed by atoms with Gasteiger partial charge in [-0.15, -0.1) is 0 Å². The van der Waals surface area contributed by atoms with Crippen molar-refractivity contribution in [2.45, 2.75) is 26.4 Å². The van der Waals surface area contributed by atoms with E-state index in [0.717, 1.165) is 6.42 Å². The molecule has 0 saturated heterocycles. The number of carbonyl (C=O) groups is 2. The summed E-state index contributed by atoms with van der Waals surface area (Å²) in [6, 6.07) is 9.27. The SMILES string of the molecule is CC[C@H](C)Oc1cccc(C(=O)NC(=S)Nc2c(Cl)cc(Cl)cc2C(=O)O)c1. The predicted octanol–water partition coefficient (Wildman–Crippen LogP) is 5.00. The van der Waals surface area contributed by atoms with Crippen molar-refractivity contribution < 1.29 is 19.4 Å². The second-order valence-corrected chi connectivity index (χ2v) is 7.14. The molecule has 0 aliphatic heterocycles. The maximum absolute atomic E-state index is 12.4. The van der Waals surface area contributed by atoms with Gasteiger partial charge in [0.2, 0.25) is 0 Å². The van der Waals surface area contributed by atoms with E-state index in [1.807, 2.05) is 13.8 Å². The summed E-state index contributed by atoms with van der Waals surface area (Å²) in [6.07, 6.45) is 0.848. The van der Waals surface area contributed by atoms with Crippen molar-refractivity contribution in [3.63, 3.8) is 0 Å². The van der Waals surface area contributed by atoms with Crippen LogP contribution in [0.4, 0.5) is 5.69 Å². The standard InChI is InChI=1S/C19H18Cl2N2O4S/c1-3-10(2)27-13-6-4-5-11(7-13)17(24)23-19(28)22-16-14(18(25)26)8-12(20)9-15(16)21/h4-10H,3H2,1-2H3,(H,25,26)(H2,22,23,24,28)/t10-/m0/s1. The second-order valence-electron chi connectivity index (χ2n) is 5.89. The number of amides is 1. The first-order valence-corrected chi connectivity index (χ1v) is 9.49. The number of carbonyl (C=O) groups excluding carboxylic acids is 1. The van der Waals surface area contributed by atoms with Gasteiger partial charge in [-0.2, -0.15) is 0 Å². The molecular weight excluding hydrogens is 423 g/mol. The summed E-state index contributed by atoms with van der Waals surface area (Å²) in [5.74, 6) is -1.15. The second kappa shape index (κ2) is 9.73. The van der Waals surface area contributed by atoms with E-state index in [2.05, 4.69) is 10.6 Å². The van der Waals surface area contributed by atoms with Crippen molar-refractivity contribution in [2.24, 2.45) is 0 Å². The fourth-order valence-electron chi connectivity index (χ4n) is 2.22. The molecule has 1 amide bonds. The maximum Gasteiger partial charge on any atom is 0.337 e. The number of aromatic carboxylic acids is 1. The first-order chi connectivity index (χ1) is 13.2. The maximum atomic E-state index is 12.4. The molecule has 0 unspecified atom stereocenters. The average molecular weight is 441 g/mol. The van der Waals surface area contributed by atoms with Gasteiger partial charge in [0.15, 0.2) is 5.11 Å². The summed E-state index contributed by atoms with van der Waals surface area (Å²) in [7, 11) is 0. The van der Waals surface area contributed by atoms with Crippen LogP contribution in [0, 0.1) is 0 Å². The van der Waals surface area contributed by atoms with Gasteiger partial charge in [0.25, 0.3) is 5.91 Å². The molecule has 148 valence electrons. The molecule has 2 aromatic rings. The molecule has 3 N–H and O–H groups in total. The number of ether oxygens (including phenoxy) is 1. The minimum atomic E-state index is -1.24. The Kier molecular flexibility index (Phi) is 7.62. The van der Waals surface area contributed by atoms with Crippen LogP contribution in [0.3, 0.4) is 0 Å². The van der Waals surface area contributed by atoms with E-state index in [1.165, 1.54) is 12.1 Å². The Hall–Kier alpha value is -2.35. The van der Waals surface area contributed by atoms with Crippen LogP contribution >= 0.6 is 35.4 Å². The molecule has 28 heavy (non-hydrogen) atoms. The van der Waals surface area contributed by atoms with Crippen LogP contribution in [0.2, 0.25) is 10.0 Å². The first-order valence-electron chi connectivity index (χ1n) is 8.32. The monoisotopic (exact) mass is 440 g/mol. The number of halogens is 2. The van der Waals surface area contributed by atoms with E-state index in [1.54, 1.807) is 24.3 Å². The lowest BCUT2D eigenvalue weighted by Gasteiger charge is -2.15. The predicted molar refractivity (Wildman–Crippen MR) is 114 cm³/mol. The van der Waals surface area contributed by atoms with E-state index < -0.39 is 11.9 Å². The van der Waals surface area contributed by atoms with E-state index in [-0.39, 0.29) is 32.5 Å². The number of hydrogen-bond donors (Lipinski definition) is 3. The lowest BCUT2D eigenvalue weighted by Crippen LogP contribution is -2.34. The fraction of sp³-hybridized carbons (Fsp3) is 0.211. The Labute approximate surface area is 177 Å². The third kappa shape index (κ3) is 5.82. The number of carboxylic acid groups (broad SMARTS) is 1. The highest BCUT2D eigenvalue weighted by molar-refractivity contribution is 7.80. The van der Waals surface area contributed by atoms with Gasteiger partial charge in [-0.25, -0.2) is 4.79 Å². The molecule has 0 bridgehead atoms. The highest BCUT2D eigenvalue weighted by atomic mass is 35.5. The molecule has 6 nitrogen and oxygen atoms in total. The third-order valence-electron chi connectivity index (χ3n) is 3.76. The molecule has 0 aromatic heterocycles. The average Bonchev–Trinajstić information content (AvgIpc) is 2.63. The van der Waals surface area contributed by atoms with E-state index in [9.17, 15) is 14.7 Å². The molecular formula is C19H18Cl2N2O4S. The molecule has 0 saturated carbocycles. The molecule has 0 heterocycles. The van der Waals surface area contributed by atoms with Crippen molar-refractivity contribution in [3.05, 3.63) is 57.6 Å². The van der Waals surface area contributed by atoms with Crippen LogP contribution in [0.15, 0.2) is 36.4 Å². The summed E-state index contributed by atoms with van der Waals surface area (Å²) in [5.41, 5.74) is 0.210. The van der Waals surface area contributed by atoms with E-state index >= 15 is 0 Å². The number of carboxylic acids is 1. The van der Waals surface area contributed by atoms with Gasteiger partial charge < -0.3 is 15.2 Å². The van der Waals surface area contributed by atoms with E-state index in [4.69, 9.17) is 40.2 Å². The topological polar surface area (TPSA) is 87.7 Å². The molecule has 0 spiro atoms. The van der Waals surface area contributed by atoms with Crippen LogP contribution in [0.25, 0.3) is 0 Å². The number of rotatable bonds is 6. The van der Waals surface area contributed by atoms with Gasteiger partial charge in [-0.3, -0.25) is 10.1 Å². The van der Waals surface area contributed by atoms with Gasteiger partial charge in [-0.1, -0.05) is 36.2 Å². The lowest BCUT2D eigenvalue weighted by atomic mass is 10.2. The Morgan fingerprint density at radius 3 is 2.61 bits per heavy atom. The van der Waals surface area contributed by atoms with Crippen LogP contribution in [0.5, 0.6) is 5.75 Å². The minimum absolute atomic E-state index is 0.0162. The summed E-state index contributed by atoms with van der Waals surface area (Å²) in [4.78, 5) is 23.8. The van der Waals surface area contributed by atoms with Crippen molar-refractivity contribution in [3.8, 4) is 5.75 Å². The fourth-order valence-corrected chi connectivity index (χ4v) is 2.95. The van der Waals surface area contributed by atoms with Gasteiger partial charge >= 0.3 is 5.97 Å². The van der Waals surface area contributed by atoms with Crippen molar-refractivity contribution >= 4 is 58.1 Å². The van der Waals surface area contributed by atoms with Crippen LogP contribution in [-0.4, -0.2) is 28.2 Å². The van der Waals surface area contributed by atoms with Gasteiger partial charge in [0.1, 0.15) is 5.75 Å². The van der Waals surface area contributed by atoms with Gasteiger partial charge in [0.05, 0.1) is 22.4 Å². The van der Waals surface area contributed by atoms with Crippen LogP contribution < -0.4 is 15.4 Å². The molecule has 2 rings (SSSR count). The molecule has 2 aromatic carbocycles. The summed E-state index contributed by atoms with van der Waals surface area (Å²) >= 11 is 17.0. The number of nitrogens with one attached hydrogen (secondary N) is 2. The highest BCUT2D eigenvalue weighted by Gasteiger charge is 2.17. The van der Waals surface area contributed by atoms with Crippen molar-refractivity contribution in [1.82, 2.24) is 5.32 Å². The van der Waals surface area contributed by atoms with Crippen molar-refractivity contribution in [2.75, 3.05) is 5.32 Å². The first kappa shape index (κ1) is 21.9. The molecule has 0 aliphatic rings.